The van der Waals surface area contributed by atoms with Crippen molar-refractivity contribution < 1.29 is 15.0 Å². The lowest BCUT2D eigenvalue weighted by Crippen LogP contribution is -2.21. The van der Waals surface area contributed by atoms with Crippen LogP contribution in [0, 0.1) is 6.92 Å². The van der Waals surface area contributed by atoms with Gasteiger partial charge >= 0.3 is 0 Å². The van der Waals surface area contributed by atoms with Gasteiger partial charge in [-0.05, 0) is 31.5 Å². The number of nitrogens with zero attached hydrogens (tertiary/aromatic N) is 1. The quantitative estimate of drug-likeness (QED) is 0.599. The molecule has 0 aliphatic rings. The van der Waals surface area contributed by atoms with E-state index in [-0.39, 0.29) is 23.8 Å². The highest BCUT2D eigenvalue weighted by Crippen LogP contribution is 2.22. The fraction of sp³-hybridized carbons (Fsp3) is 0.176. The number of phenolic OH excluding ortho intramolecular Hbond substituents is 2. The van der Waals surface area contributed by atoms with Gasteiger partial charge in [0.15, 0.2) is 0 Å². The number of amides is 1. The predicted octanol–water partition coefficient (Wildman–Crippen LogP) is 2.49. The van der Waals surface area contributed by atoms with Gasteiger partial charge in [-0.25, -0.2) is 5.43 Å². The number of hydrazone groups is 1. The van der Waals surface area contributed by atoms with Gasteiger partial charge in [0.25, 0.3) is 0 Å². The Morgan fingerprint density at radius 3 is 2.45 bits per heavy atom. The zero-order valence-corrected chi connectivity index (χ0v) is 12.5. The molecule has 5 nitrogen and oxygen atoms in total. The van der Waals surface area contributed by atoms with Crippen molar-refractivity contribution in [2.45, 2.75) is 20.3 Å². The third-order valence-electron chi connectivity index (χ3n) is 3.20. The molecular weight excluding hydrogens is 280 g/mol. The molecule has 2 aromatic carbocycles. The maximum atomic E-state index is 11.9. The minimum atomic E-state index is -0.235. The molecule has 5 heteroatoms. The van der Waals surface area contributed by atoms with Crippen molar-refractivity contribution in [2.75, 3.05) is 0 Å². The largest absolute Gasteiger partial charge is 0.508 e. The Morgan fingerprint density at radius 2 is 1.82 bits per heavy atom. The SMILES string of the molecule is C/C(=N/NC(=O)Cc1ccc(C)cc1)c1ccc(O)cc1O. The van der Waals surface area contributed by atoms with Crippen molar-refractivity contribution in [3.8, 4) is 11.5 Å². The zero-order valence-electron chi connectivity index (χ0n) is 12.5. The molecule has 2 rings (SSSR count). The van der Waals surface area contributed by atoms with E-state index in [1.54, 1.807) is 6.92 Å². The predicted molar refractivity (Wildman–Crippen MR) is 85.0 cm³/mol. The normalized spacial score (nSPS) is 11.3. The standard InChI is InChI=1S/C17H18N2O3/c1-11-3-5-13(6-4-11)9-17(22)19-18-12(2)15-8-7-14(20)10-16(15)21/h3-8,10,20-21H,9H2,1-2H3,(H,19,22)/b18-12-. The first-order valence-electron chi connectivity index (χ1n) is 6.87. The van der Waals surface area contributed by atoms with E-state index in [2.05, 4.69) is 10.5 Å². The van der Waals surface area contributed by atoms with Crippen LogP contribution in [0.25, 0.3) is 0 Å². The molecular formula is C17H18N2O3. The van der Waals surface area contributed by atoms with Gasteiger partial charge in [0, 0.05) is 11.6 Å². The first-order valence-corrected chi connectivity index (χ1v) is 6.87. The van der Waals surface area contributed by atoms with Crippen molar-refractivity contribution in [2.24, 2.45) is 5.10 Å². The summed E-state index contributed by atoms with van der Waals surface area (Å²) in [5.41, 5.74) is 5.41. The molecule has 0 heterocycles. The third kappa shape index (κ3) is 4.09. The van der Waals surface area contributed by atoms with E-state index in [0.717, 1.165) is 11.1 Å². The molecule has 0 fully saturated rings. The summed E-state index contributed by atoms with van der Waals surface area (Å²) in [4.78, 5) is 11.9. The highest BCUT2D eigenvalue weighted by atomic mass is 16.3. The average Bonchev–Trinajstić information content (AvgIpc) is 2.47. The summed E-state index contributed by atoms with van der Waals surface area (Å²) in [7, 11) is 0. The number of aryl methyl sites for hydroxylation is 1. The first-order chi connectivity index (χ1) is 10.5. The number of benzene rings is 2. The summed E-state index contributed by atoms with van der Waals surface area (Å²) in [6.45, 7) is 3.65. The van der Waals surface area contributed by atoms with Crippen molar-refractivity contribution in [1.82, 2.24) is 5.43 Å². The number of rotatable bonds is 4. The van der Waals surface area contributed by atoms with Crippen LogP contribution in [0.15, 0.2) is 47.6 Å². The molecule has 0 spiro atoms. The van der Waals surface area contributed by atoms with E-state index in [1.807, 2.05) is 31.2 Å². The molecule has 0 aliphatic heterocycles. The minimum Gasteiger partial charge on any atom is -0.508 e. The number of hydrogen-bond donors (Lipinski definition) is 3. The molecule has 0 atom stereocenters. The van der Waals surface area contributed by atoms with Gasteiger partial charge < -0.3 is 10.2 Å². The molecule has 0 bridgehead atoms. The lowest BCUT2D eigenvalue weighted by molar-refractivity contribution is -0.120. The average molecular weight is 298 g/mol. The molecule has 22 heavy (non-hydrogen) atoms. The summed E-state index contributed by atoms with van der Waals surface area (Å²) in [5, 5.41) is 23.0. The monoisotopic (exact) mass is 298 g/mol. The lowest BCUT2D eigenvalue weighted by Gasteiger charge is -2.06. The van der Waals surface area contributed by atoms with Crippen molar-refractivity contribution in [3.63, 3.8) is 0 Å². The van der Waals surface area contributed by atoms with E-state index in [1.165, 1.54) is 18.2 Å². The molecule has 0 saturated heterocycles. The van der Waals surface area contributed by atoms with Crippen LogP contribution in [0.4, 0.5) is 0 Å². The van der Waals surface area contributed by atoms with E-state index in [9.17, 15) is 15.0 Å². The van der Waals surface area contributed by atoms with Crippen LogP contribution in [0.5, 0.6) is 11.5 Å². The molecule has 114 valence electrons. The fourth-order valence-corrected chi connectivity index (χ4v) is 1.96. The smallest absolute Gasteiger partial charge is 0.244 e. The van der Waals surface area contributed by atoms with Gasteiger partial charge in [-0.3, -0.25) is 4.79 Å². The zero-order chi connectivity index (χ0) is 16.1. The third-order valence-corrected chi connectivity index (χ3v) is 3.20. The van der Waals surface area contributed by atoms with Crippen LogP contribution < -0.4 is 5.43 Å². The van der Waals surface area contributed by atoms with E-state index in [4.69, 9.17) is 0 Å². The molecule has 0 unspecified atom stereocenters. The van der Waals surface area contributed by atoms with Gasteiger partial charge in [0.05, 0.1) is 12.1 Å². The summed E-state index contributed by atoms with van der Waals surface area (Å²) in [6, 6.07) is 11.9. The molecule has 0 aliphatic carbocycles. The topological polar surface area (TPSA) is 81.9 Å². The van der Waals surface area contributed by atoms with Crippen LogP contribution in [0.1, 0.15) is 23.6 Å². The minimum absolute atomic E-state index is 0.0301. The Bertz CT molecular complexity index is 706. The molecule has 0 aromatic heterocycles. The van der Waals surface area contributed by atoms with Crippen LogP contribution in [-0.2, 0) is 11.2 Å². The Kier molecular flexibility index (Phi) is 4.78. The Labute approximate surface area is 128 Å². The van der Waals surface area contributed by atoms with E-state index < -0.39 is 0 Å². The molecule has 1 amide bonds. The van der Waals surface area contributed by atoms with Gasteiger partial charge in [-0.1, -0.05) is 29.8 Å². The number of phenols is 2. The van der Waals surface area contributed by atoms with E-state index in [0.29, 0.717) is 11.3 Å². The Hall–Kier alpha value is -2.82. The second-order valence-electron chi connectivity index (χ2n) is 5.10. The van der Waals surface area contributed by atoms with Gasteiger partial charge in [0.1, 0.15) is 11.5 Å². The summed E-state index contributed by atoms with van der Waals surface area (Å²) in [5.74, 6) is -0.354. The first kappa shape index (κ1) is 15.6. The summed E-state index contributed by atoms with van der Waals surface area (Å²) >= 11 is 0. The van der Waals surface area contributed by atoms with E-state index >= 15 is 0 Å². The van der Waals surface area contributed by atoms with Crippen LogP contribution in [0.2, 0.25) is 0 Å². The van der Waals surface area contributed by atoms with Gasteiger partial charge in [-0.15, -0.1) is 0 Å². The van der Waals surface area contributed by atoms with Crippen LogP contribution in [0.3, 0.4) is 0 Å². The lowest BCUT2D eigenvalue weighted by atomic mass is 10.1. The van der Waals surface area contributed by atoms with Crippen molar-refractivity contribution in [3.05, 3.63) is 59.2 Å². The molecule has 3 N–H and O–H groups in total. The highest BCUT2D eigenvalue weighted by Gasteiger charge is 2.07. The second-order valence-corrected chi connectivity index (χ2v) is 5.10. The highest BCUT2D eigenvalue weighted by molar-refractivity contribution is 6.01. The van der Waals surface area contributed by atoms with Crippen molar-refractivity contribution in [1.29, 1.82) is 0 Å². The molecule has 0 radical (unpaired) electrons. The number of hydrogen-bond acceptors (Lipinski definition) is 4. The summed E-state index contributed by atoms with van der Waals surface area (Å²) < 4.78 is 0. The maximum Gasteiger partial charge on any atom is 0.244 e. The molecule has 0 saturated carbocycles. The second kappa shape index (κ2) is 6.76. The fourth-order valence-electron chi connectivity index (χ4n) is 1.96. The number of nitrogens with one attached hydrogen (secondary N) is 1. The number of carbonyl (C=O) groups is 1. The Balaban J connectivity index is 2.00. The maximum absolute atomic E-state index is 11.9. The van der Waals surface area contributed by atoms with Crippen LogP contribution >= 0.6 is 0 Å². The van der Waals surface area contributed by atoms with Crippen LogP contribution in [-0.4, -0.2) is 21.8 Å². The van der Waals surface area contributed by atoms with Gasteiger partial charge in [-0.2, -0.15) is 5.10 Å². The Morgan fingerprint density at radius 1 is 1.14 bits per heavy atom. The van der Waals surface area contributed by atoms with Crippen molar-refractivity contribution >= 4 is 11.6 Å². The summed E-state index contributed by atoms with van der Waals surface area (Å²) in [6.07, 6.45) is 0.235. The number of carbonyl (C=O) groups excluding carboxylic acids is 1. The number of aromatic hydroxyl groups is 2. The van der Waals surface area contributed by atoms with Gasteiger partial charge in [0.2, 0.25) is 5.91 Å². The molecule has 2 aromatic rings.